The second-order valence-corrected chi connectivity index (χ2v) is 9.37. The van der Waals surface area contributed by atoms with E-state index in [1.54, 1.807) is 47.6 Å². The van der Waals surface area contributed by atoms with Crippen molar-refractivity contribution in [1.29, 1.82) is 0 Å². The van der Waals surface area contributed by atoms with E-state index in [9.17, 15) is 14.7 Å². The number of nitrogens with zero attached hydrogens (tertiary/aromatic N) is 4. The number of pyridine rings is 2. The molecule has 0 fully saturated rings. The van der Waals surface area contributed by atoms with E-state index in [4.69, 9.17) is 9.47 Å². The van der Waals surface area contributed by atoms with Crippen LogP contribution in [-0.4, -0.2) is 56.8 Å². The van der Waals surface area contributed by atoms with Gasteiger partial charge in [0.2, 0.25) is 5.95 Å². The van der Waals surface area contributed by atoms with Gasteiger partial charge in [-0.2, -0.15) is 0 Å². The molecule has 0 saturated carbocycles. The molecular weight excluding hydrogens is 524 g/mol. The first-order valence-electron chi connectivity index (χ1n) is 13.1. The van der Waals surface area contributed by atoms with Crippen molar-refractivity contribution in [2.24, 2.45) is 0 Å². The lowest BCUT2D eigenvalue weighted by Crippen LogP contribution is -2.41. The molecule has 0 atom stereocenters. The third kappa shape index (κ3) is 5.64. The molecule has 3 aromatic heterocycles. The summed E-state index contributed by atoms with van der Waals surface area (Å²) in [4.78, 5) is 42.7. The van der Waals surface area contributed by atoms with Gasteiger partial charge in [0.25, 0.3) is 0 Å². The first-order valence-corrected chi connectivity index (χ1v) is 13.1. The lowest BCUT2D eigenvalue weighted by atomic mass is 10.1. The van der Waals surface area contributed by atoms with E-state index in [0.29, 0.717) is 54.8 Å². The molecule has 1 aliphatic rings. The van der Waals surface area contributed by atoms with Crippen molar-refractivity contribution in [2.75, 3.05) is 30.0 Å². The average Bonchev–Trinajstić information content (AvgIpc) is 3.41. The predicted octanol–water partition coefficient (Wildman–Crippen LogP) is 5.16. The molecule has 41 heavy (non-hydrogen) atoms. The highest BCUT2D eigenvalue weighted by Crippen LogP contribution is 2.36. The molecule has 2 amide bonds. The minimum Gasteiger partial charge on any atom is -0.491 e. The van der Waals surface area contributed by atoms with Crippen LogP contribution < -0.4 is 19.7 Å². The quantitative estimate of drug-likeness (QED) is 0.225. The van der Waals surface area contributed by atoms with E-state index in [-0.39, 0.29) is 17.5 Å². The van der Waals surface area contributed by atoms with Crippen LogP contribution in [0.3, 0.4) is 0 Å². The summed E-state index contributed by atoms with van der Waals surface area (Å²) in [5.41, 5.74) is 4.10. The first-order chi connectivity index (χ1) is 20.0. The van der Waals surface area contributed by atoms with Gasteiger partial charge < -0.3 is 19.6 Å². The molecule has 6 rings (SSSR count). The molecule has 2 aromatic carbocycles. The largest absolute Gasteiger partial charge is 0.491 e. The Morgan fingerprint density at radius 2 is 1.90 bits per heavy atom. The van der Waals surface area contributed by atoms with Gasteiger partial charge in [0, 0.05) is 18.0 Å². The number of carbonyl (C=O) groups is 2. The van der Waals surface area contributed by atoms with Crippen LogP contribution in [-0.2, 0) is 6.42 Å². The minimum absolute atomic E-state index is 0.181. The summed E-state index contributed by atoms with van der Waals surface area (Å²) in [7, 11) is 0. The highest BCUT2D eigenvalue weighted by Gasteiger charge is 2.26. The van der Waals surface area contributed by atoms with E-state index in [1.807, 2.05) is 36.4 Å². The number of hydrogen-bond donors (Lipinski definition) is 3. The molecule has 0 spiro atoms. The van der Waals surface area contributed by atoms with Gasteiger partial charge in [-0.15, -0.1) is 0 Å². The number of anilines is 2. The van der Waals surface area contributed by atoms with E-state index in [1.165, 1.54) is 0 Å². The number of hydrogen-bond acceptors (Lipinski definition) is 7. The van der Waals surface area contributed by atoms with Crippen molar-refractivity contribution in [3.8, 4) is 22.8 Å². The molecule has 5 aromatic rings. The van der Waals surface area contributed by atoms with Gasteiger partial charge in [0.05, 0.1) is 35.6 Å². The van der Waals surface area contributed by atoms with Crippen LogP contribution in [0.5, 0.6) is 11.5 Å². The number of urea groups is 1. The lowest BCUT2D eigenvalue weighted by Gasteiger charge is -2.29. The molecule has 11 nitrogen and oxygen atoms in total. The minimum atomic E-state index is -1.19. The summed E-state index contributed by atoms with van der Waals surface area (Å²) < 4.78 is 11.6. The SMILES string of the molecule is O=C(O)c1nc(-c2ccc3c(c2)N(C(=O)Nc2nc4ccccc4[nH]2)CCO3)ccc1OCCCc1ccncc1. The van der Waals surface area contributed by atoms with Crippen LogP contribution in [0.25, 0.3) is 22.3 Å². The summed E-state index contributed by atoms with van der Waals surface area (Å²) in [6.07, 6.45) is 4.97. The van der Waals surface area contributed by atoms with E-state index in [2.05, 4.69) is 25.3 Å². The van der Waals surface area contributed by atoms with E-state index < -0.39 is 5.97 Å². The number of aromatic carboxylic acids is 1. The van der Waals surface area contributed by atoms with E-state index in [0.717, 1.165) is 23.0 Å². The van der Waals surface area contributed by atoms with Crippen molar-refractivity contribution in [2.45, 2.75) is 12.8 Å². The second kappa shape index (κ2) is 11.3. The summed E-state index contributed by atoms with van der Waals surface area (Å²) >= 11 is 0. The zero-order valence-corrected chi connectivity index (χ0v) is 21.9. The molecule has 0 unspecified atom stereocenters. The van der Waals surface area contributed by atoms with Crippen molar-refractivity contribution >= 4 is 34.7 Å². The normalized spacial score (nSPS) is 12.4. The number of amides is 2. The molecular formula is C30H26N6O5. The Balaban J connectivity index is 1.20. The maximum absolute atomic E-state index is 13.2. The van der Waals surface area contributed by atoms with Crippen molar-refractivity contribution < 1.29 is 24.2 Å². The molecule has 0 saturated heterocycles. The Morgan fingerprint density at radius 1 is 1.05 bits per heavy atom. The van der Waals surface area contributed by atoms with Crippen LogP contribution in [0.1, 0.15) is 22.5 Å². The predicted molar refractivity (Wildman–Crippen MR) is 153 cm³/mol. The van der Waals surface area contributed by atoms with Crippen molar-refractivity contribution in [1.82, 2.24) is 19.9 Å². The van der Waals surface area contributed by atoms with Gasteiger partial charge >= 0.3 is 12.0 Å². The smallest absolute Gasteiger partial charge is 0.358 e. The van der Waals surface area contributed by atoms with Crippen LogP contribution in [0.15, 0.2) is 79.1 Å². The summed E-state index contributed by atoms with van der Waals surface area (Å²) in [5.74, 6) is -0.120. The number of imidazole rings is 1. The monoisotopic (exact) mass is 550 g/mol. The molecule has 3 N–H and O–H groups in total. The van der Waals surface area contributed by atoms with Gasteiger partial charge in [-0.05, 0) is 73.0 Å². The fourth-order valence-electron chi connectivity index (χ4n) is 4.65. The average molecular weight is 551 g/mol. The number of rotatable bonds is 8. The fraction of sp³-hybridized carbons (Fsp3) is 0.167. The molecule has 4 heterocycles. The van der Waals surface area contributed by atoms with Gasteiger partial charge in [0.15, 0.2) is 11.4 Å². The van der Waals surface area contributed by atoms with Crippen molar-refractivity contribution in [3.63, 3.8) is 0 Å². The highest BCUT2D eigenvalue weighted by atomic mass is 16.5. The number of H-pyrrole nitrogens is 1. The molecule has 0 aliphatic carbocycles. The zero-order chi connectivity index (χ0) is 28.2. The Kier molecular flexibility index (Phi) is 7.14. The van der Waals surface area contributed by atoms with Gasteiger partial charge in [-0.25, -0.2) is 19.6 Å². The van der Waals surface area contributed by atoms with Crippen LogP contribution >= 0.6 is 0 Å². The third-order valence-corrected chi connectivity index (χ3v) is 6.66. The molecule has 0 bridgehead atoms. The number of aryl methyl sites for hydroxylation is 1. The van der Waals surface area contributed by atoms with Crippen LogP contribution in [0.2, 0.25) is 0 Å². The van der Waals surface area contributed by atoms with Crippen LogP contribution in [0.4, 0.5) is 16.4 Å². The number of carboxylic acids is 1. The summed E-state index contributed by atoms with van der Waals surface area (Å²) in [6.45, 7) is 0.992. The number of carbonyl (C=O) groups excluding carboxylic acids is 1. The Hall–Kier alpha value is -5.45. The maximum atomic E-state index is 13.2. The number of aromatic nitrogens is 4. The molecule has 11 heteroatoms. The number of benzene rings is 2. The van der Waals surface area contributed by atoms with Gasteiger partial charge in [0.1, 0.15) is 12.4 Å². The number of aromatic amines is 1. The number of para-hydroxylation sites is 2. The third-order valence-electron chi connectivity index (χ3n) is 6.66. The lowest BCUT2D eigenvalue weighted by molar-refractivity contribution is 0.0685. The number of ether oxygens (including phenoxy) is 2. The Bertz CT molecular complexity index is 1690. The molecule has 1 aliphatic heterocycles. The van der Waals surface area contributed by atoms with Gasteiger partial charge in [-0.3, -0.25) is 15.2 Å². The molecule has 0 radical (unpaired) electrons. The zero-order valence-electron chi connectivity index (χ0n) is 21.9. The topological polar surface area (TPSA) is 143 Å². The van der Waals surface area contributed by atoms with Crippen molar-refractivity contribution in [3.05, 3.63) is 90.4 Å². The Labute approximate surface area is 234 Å². The Morgan fingerprint density at radius 3 is 2.73 bits per heavy atom. The number of nitrogens with one attached hydrogen (secondary N) is 2. The summed E-state index contributed by atoms with van der Waals surface area (Å²) in [6, 6.07) is 19.6. The first kappa shape index (κ1) is 25.8. The van der Waals surface area contributed by atoms with E-state index >= 15 is 0 Å². The van der Waals surface area contributed by atoms with Gasteiger partial charge in [-0.1, -0.05) is 12.1 Å². The van der Waals surface area contributed by atoms with Crippen LogP contribution in [0, 0.1) is 0 Å². The number of carboxylic acid groups (broad SMARTS) is 1. The fourth-order valence-corrected chi connectivity index (χ4v) is 4.65. The maximum Gasteiger partial charge on any atom is 0.358 e. The standard InChI is InChI=1S/C30H26N6O5/c37-28(38)27-26(40-16-3-4-19-11-13-31-14-12-19)10-8-21(32-27)20-7-9-25-24(18-20)36(15-17-41-25)30(39)35-29-33-22-5-1-2-6-23(22)34-29/h1-2,5-14,18H,3-4,15-17H2,(H,37,38)(H2,33,34,35,39). The number of fused-ring (bicyclic) bond motifs is 2. The highest BCUT2D eigenvalue weighted by molar-refractivity contribution is 6.03. The summed E-state index contributed by atoms with van der Waals surface area (Å²) in [5, 5.41) is 12.7. The molecule has 206 valence electrons. The second-order valence-electron chi connectivity index (χ2n) is 9.37.